The van der Waals surface area contributed by atoms with E-state index in [1.807, 2.05) is 45.0 Å². The predicted molar refractivity (Wildman–Crippen MR) is 127 cm³/mol. The number of hydrogen-bond donors (Lipinski definition) is 3. The average molecular weight is 507 g/mol. The monoisotopic (exact) mass is 507 g/mol. The van der Waals surface area contributed by atoms with E-state index in [2.05, 4.69) is 22.5 Å². The lowest BCUT2D eigenvalue weighted by molar-refractivity contribution is 0.129. The maximum Gasteiger partial charge on any atom is 0.191 e. The Labute approximate surface area is 187 Å². The number of aliphatic imine (C=N–C) groups is 1. The lowest BCUT2D eigenvalue weighted by Gasteiger charge is -2.14. The molecule has 1 atom stereocenters. The van der Waals surface area contributed by atoms with Crippen molar-refractivity contribution in [3.63, 3.8) is 0 Å². The van der Waals surface area contributed by atoms with Gasteiger partial charge in [-0.1, -0.05) is 25.5 Å². The van der Waals surface area contributed by atoms with E-state index in [9.17, 15) is 5.11 Å². The fraction of sp³-hybridized carbons (Fsp3) is 0.667. The molecule has 0 aromatic heterocycles. The number of aliphatic hydroxyl groups is 1. The molecule has 3 N–H and O–H groups in total. The molecule has 1 rings (SSSR count). The summed E-state index contributed by atoms with van der Waals surface area (Å²) in [7, 11) is 0. The Hall–Kier alpha value is -1.06. The van der Waals surface area contributed by atoms with Crippen LogP contribution in [-0.4, -0.2) is 50.0 Å². The van der Waals surface area contributed by atoms with Gasteiger partial charge in [-0.05, 0) is 51.3 Å². The van der Waals surface area contributed by atoms with Crippen LogP contribution in [0.1, 0.15) is 58.6 Å². The lowest BCUT2D eigenvalue weighted by Crippen LogP contribution is -2.38. The SMILES string of the molecule is CCCCOCCCNC(=NCC(O)c1ccc(OC(C)C)cc1)NCC.I. The van der Waals surface area contributed by atoms with Crippen molar-refractivity contribution >= 4 is 29.9 Å². The second kappa shape index (κ2) is 16.9. The van der Waals surface area contributed by atoms with Gasteiger partial charge in [-0.25, -0.2) is 0 Å². The molecule has 0 saturated heterocycles. The summed E-state index contributed by atoms with van der Waals surface area (Å²) in [5.41, 5.74) is 0.829. The Balaban J connectivity index is 0.00000729. The van der Waals surface area contributed by atoms with Gasteiger partial charge < -0.3 is 25.2 Å². The quantitative estimate of drug-likeness (QED) is 0.164. The Morgan fingerprint density at radius 3 is 2.36 bits per heavy atom. The average Bonchev–Trinajstić information content (AvgIpc) is 2.65. The first kappa shape index (κ1) is 26.9. The molecule has 0 heterocycles. The summed E-state index contributed by atoms with van der Waals surface area (Å²) in [4.78, 5) is 4.48. The summed E-state index contributed by atoms with van der Waals surface area (Å²) < 4.78 is 11.2. The molecule has 0 spiro atoms. The lowest BCUT2D eigenvalue weighted by atomic mass is 10.1. The van der Waals surface area contributed by atoms with E-state index in [1.165, 1.54) is 0 Å². The molecule has 0 fully saturated rings. The van der Waals surface area contributed by atoms with Crippen molar-refractivity contribution in [1.82, 2.24) is 10.6 Å². The zero-order chi connectivity index (χ0) is 19.9. The summed E-state index contributed by atoms with van der Waals surface area (Å²) in [6, 6.07) is 7.52. The fourth-order valence-corrected chi connectivity index (χ4v) is 2.40. The Kier molecular flexibility index (Phi) is 16.2. The summed E-state index contributed by atoms with van der Waals surface area (Å²) in [6.45, 7) is 11.6. The van der Waals surface area contributed by atoms with E-state index >= 15 is 0 Å². The van der Waals surface area contributed by atoms with Crippen molar-refractivity contribution in [3.8, 4) is 5.75 Å². The van der Waals surface area contributed by atoms with Crippen molar-refractivity contribution in [2.45, 2.75) is 59.2 Å². The molecule has 7 heteroatoms. The second-order valence-electron chi connectivity index (χ2n) is 6.72. The normalized spacial score (nSPS) is 12.4. The first-order chi connectivity index (χ1) is 13.1. The highest BCUT2D eigenvalue weighted by atomic mass is 127. The van der Waals surface area contributed by atoms with Gasteiger partial charge >= 0.3 is 0 Å². The molecule has 1 aromatic carbocycles. The van der Waals surface area contributed by atoms with Gasteiger partial charge in [0.05, 0.1) is 18.8 Å². The van der Waals surface area contributed by atoms with Crippen LogP contribution in [0.3, 0.4) is 0 Å². The molecule has 0 aliphatic heterocycles. The number of benzene rings is 1. The number of nitrogens with zero attached hydrogens (tertiary/aromatic N) is 1. The van der Waals surface area contributed by atoms with E-state index in [-0.39, 0.29) is 30.1 Å². The van der Waals surface area contributed by atoms with Crippen molar-refractivity contribution < 1.29 is 14.6 Å². The first-order valence-corrected chi connectivity index (χ1v) is 10.1. The van der Waals surface area contributed by atoms with E-state index in [4.69, 9.17) is 9.47 Å². The molecule has 1 unspecified atom stereocenters. The molecule has 6 nitrogen and oxygen atoms in total. The van der Waals surface area contributed by atoms with Gasteiger partial charge in [0.1, 0.15) is 5.75 Å². The van der Waals surface area contributed by atoms with E-state index in [1.54, 1.807) is 0 Å². The highest BCUT2D eigenvalue weighted by molar-refractivity contribution is 14.0. The third-order valence-corrected chi connectivity index (χ3v) is 3.80. The number of unbranched alkanes of at least 4 members (excludes halogenated alkanes) is 1. The van der Waals surface area contributed by atoms with Crippen molar-refractivity contribution in [2.75, 3.05) is 32.8 Å². The van der Waals surface area contributed by atoms with Crippen LogP contribution >= 0.6 is 24.0 Å². The Bertz CT molecular complexity index is 524. The van der Waals surface area contributed by atoms with Gasteiger partial charge in [0.15, 0.2) is 5.96 Å². The summed E-state index contributed by atoms with van der Waals surface area (Å²) in [6.07, 6.45) is 2.68. The Morgan fingerprint density at radius 1 is 1.07 bits per heavy atom. The molecule has 0 amide bonds. The highest BCUT2D eigenvalue weighted by Crippen LogP contribution is 2.19. The minimum Gasteiger partial charge on any atom is -0.491 e. The topological polar surface area (TPSA) is 75.1 Å². The molecule has 28 heavy (non-hydrogen) atoms. The number of hydrogen-bond acceptors (Lipinski definition) is 4. The van der Waals surface area contributed by atoms with Gasteiger partial charge in [-0.3, -0.25) is 4.99 Å². The van der Waals surface area contributed by atoms with Crippen LogP contribution in [0.15, 0.2) is 29.3 Å². The minimum absolute atomic E-state index is 0. The predicted octanol–water partition coefficient (Wildman–Crippen LogP) is 3.89. The van der Waals surface area contributed by atoms with Crippen LogP contribution in [0.5, 0.6) is 5.75 Å². The molecule has 0 radical (unpaired) electrons. The Morgan fingerprint density at radius 2 is 1.75 bits per heavy atom. The standard InChI is InChI=1S/C21H37N3O3.HI/c1-5-7-14-26-15-8-13-23-21(22-6-2)24-16-20(25)18-9-11-19(12-10-18)27-17(3)4;/h9-12,17,20,25H,5-8,13-16H2,1-4H3,(H2,22,23,24);1H. The molecule has 0 aliphatic carbocycles. The van der Waals surface area contributed by atoms with Gasteiger partial charge in [-0.15, -0.1) is 24.0 Å². The van der Waals surface area contributed by atoms with E-state index in [0.29, 0.717) is 12.5 Å². The third kappa shape index (κ3) is 12.4. The van der Waals surface area contributed by atoms with Crippen LogP contribution in [0.2, 0.25) is 0 Å². The molecular formula is C21H38IN3O3. The minimum atomic E-state index is -0.647. The maximum absolute atomic E-state index is 10.4. The van der Waals surface area contributed by atoms with E-state index in [0.717, 1.165) is 56.9 Å². The molecule has 1 aromatic rings. The van der Waals surface area contributed by atoms with Crippen LogP contribution in [0, 0.1) is 0 Å². The first-order valence-electron chi connectivity index (χ1n) is 10.1. The summed E-state index contributed by atoms with van der Waals surface area (Å²) in [5.74, 6) is 1.52. The second-order valence-corrected chi connectivity index (χ2v) is 6.72. The van der Waals surface area contributed by atoms with Crippen LogP contribution in [-0.2, 0) is 4.74 Å². The van der Waals surface area contributed by atoms with Crippen LogP contribution < -0.4 is 15.4 Å². The van der Waals surface area contributed by atoms with Crippen LogP contribution in [0.4, 0.5) is 0 Å². The number of aliphatic hydroxyl groups excluding tert-OH is 1. The van der Waals surface area contributed by atoms with E-state index < -0.39 is 6.10 Å². The molecule has 0 aliphatic rings. The molecule has 0 bridgehead atoms. The number of rotatable bonds is 13. The van der Waals surface area contributed by atoms with Crippen LogP contribution in [0.25, 0.3) is 0 Å². The molecule has 0 saturated carbocycles. The number of ether oxygens (including phenoxy) is 2. The fourth-order valence-electron chi connectivity index (χ4n) is 2.40. The zero-order valence-electron chi connectivity index (χ0n) is 17.7. The molecular weight excluding hydrogens is 469 g/mol. The number of nitrogens with one attached hydrogen (secondary N) is 2. The van der Waals surface area contributed by atoms with Gasteiger partial charge in [0.25, 0.3) is 0 Å². The number of guanidine groups is 1. The largest absolute Gasteiger partial charge is 0.491 e. The smallest absolute Gasteiger partial charge is 0.191 e. The van der Waals surface area contributed by atoms with Crippen molar-refractivity contribution in [2.24, 2.45) is 4.99 Å². The van der Waals surface area contributed by atoms with Crippen molar-refractivity contribution in [3.05, 3.63) is 29.8 Å². The highest BCUT2D eigenvalue weighted by Gasteiger charge is 2.08. The number of halogens is 1. The zero-order valence-corrected chi connectivity index (χ0v) is 20.1. The summed E-state index contributed by atoms with van der Waals surface area (Å²) in [5, 5.41) is 16.9. The maximum atomic E-state index is 10.4. The van der Waals surface area contributed by atoms with Gasteiger partial charge in [0, 0.05) is 26.3 Å². The van der Waals surface area contributed by atoms with Gasteiger partial charge in [0.2, 0.25) is 0 Å². The molecule has 162 valence electrons. The summed E-state index contributed by atoms with van der Waals surface area (Å²) >= 11 is 0. The van der Waals surface area contributed by atoms with Gasteiger partial charge in [-0.2, -0.15) is 0 Å². The third-order valence-electron chi connectivity index (χ3n) is 3.80. The van der Waals surface area contributed by atoms with Crippen molar-refractivity contribution in [1.29, 1.82) is 0 Å².